The average Bonchev–Trinajstić information content (AvgIpc) is 2.57. The number of epoxide rings is 1. The van der Waals surface area contributed by atoms with Gasteiger partial charge >= 0.3 is 0 Å². The van der Waals surface area contributed by atoms with Crippen LogP contribution in [0.4, 0.5) is 0 Å². The summed E-state index contributed by atoms with van der Waals surface area (Å²) in [6.07, 6.45) is 2.65. The van der Waals surface area contributed by atoms with Crippen LogP contribution in [0, 0.1) is 0 Å². The van der Waals surface area contributed by atoms with Crippen LogP contribution in [-0.2, 0) is 4.74 Å². The summed E-state index contributed by atoms with van der Waals surface area (Å²) < 4.78 is 6.12. The van der Waals surface area contributed by atoms with Crippen LogP contribution in [0.2, 0.25) is 0 Å². The lowest BCUT2D eigenvalue weighted by atomic mass is 9.84. The molecule has 2 atom stereocenters. The smallest absolute Gasteiger partial charge is 0.111 e. The van der Waals surface area contributed by atoms with Gasteiger partial charge in [0.15, 0.2) is 0 Å². The van der Waals surface area contributed by atoms with Crippen LogP contribution in [0.1, 0.15) is 49.7 Å². The van der Waals surface area contributed by atoms with E-state index in [0.717, 1.165) is 0 Å². The van der Waals surface area contributed by atoms with Crippen LogP contribution in [-0.4, -0.2) is 11.2 Å². The predicted molar refractivity (Wildman–Crippen MR) is 59.1 cm³/mol. The molecule has 1 saturated heterocycles. The first kappa shape index (κ1) is 8.35. The first-order chi connectivity index (χ1) is 7.17. The van der Waals surface area contributed by atoms with Crippen molar-refractivity contribution in [3.05, 3.63) is 35.4 Å². The molecule has 1 aromatic rings. The molecule has 78 valence electrons. The van der Waals surface area contributed by atoms with Gasteiger partial charge in [-0.15, -0.1) is 0 Å². The highest BCUT2D eigenvalue weighted by Gasteiger charge is 2.76. The maximum absolute atomic E-state index is 6.12. The lowest BCUT2D eigenvalue weighted by molar-refractivity contribution is 0.260. The van der Waals surface area contributed by atoms with Crippen LogP contribution in [0.15, 0.2) is 24.3 Å². The molecule has 4 rings (SSSR count). The van der Waals surface area contributed by atoms with Crippen molar-refractivity contribution in [1.82, 2.24) is 0 Å². The van der Waals surface area contributed by atoms with Gasteiger partial charge in [-0.05, 0) is 37.8 Å². The molecule has 1 nitrogen and oxygen atoms in total. The number of ether oxygens (including phenoxy) is 1. The molecule has 2 bridgehead atoms. The first-order valence-corrected chi connectivity index (χ1v) is 5.96. The van der Waals surface area contributed by atoms with Crippen molar-refractivity contribution >= 4 is 0 Å². The van der Waals surface area contributed by atoms with E-state index in [-0.39, 0.29) is 11.2 Å². The summed E-state index contributed by atoms with van der Waals surface area (Å²) in [6, 6.07) is 8.95. The van der Waals surface area contributed by atoms with Crippen LogP contribution < -0.4 is 0 Å². The predicted octanol–water partition coefficient (Wildman–Crippen LogP) is 3.21. The Kier molecular flexibility index (Phi) is 1.19. The van der Waals surface area contributed by atoms with Gasteiger partial charge in [-0.1, -0.05) is 24.3 Å². The first-order valence-electron chi connectivity index (χ1n) is 5.96. The molecule has 2 fully saturated rings. The number of rotatable bonds is 0. The van der Waals surface area contributed by atoms with E-state index in [0.29, 0.717) is 11.8 Å². The minimum atomic E-state index is 0.109. The summed E-state index contributed by atoms with van der Waals surface area (Å²) in [5.41, 5.74) is 3.42. The van der Waals surface area contributed by atoms with Gasteiger partial charge in [-0.3, -0.25) is 0 Å². The fraction of sp³-hybridized carbons (Fsp3) is 0.571. The zero-order chi connectivity index (χ0) is 10.3. The Morgan fingerprint density at radius 3 is 1.93 bits per heavy atom. The fourth-order valence-corrected chi connectivity index (χ4v) is 4.30. The third-order valence-corrected chi connectivity index (χ3v) is 4.85. The van der Waals surface area contributed by atoms with E-state index >= 15 is 0 Å². The Morgan fingerprint density at radius 2 is 1.53 bits per heavy atom. The third-order valence-electron chi connectivity index (χ3n) is 4.85. The zero-order valence-corrected chi connectivity index (χ0v) is 9.29. The number of hydrogen-bond donors (Lipinski definition) is 0. The Labute approximate surface area is 90.4 Å². The molecule has 0 aromatic heterocycles. The van der Waals surface area contributed by atoms with E-state index < -0.39 is 0 Å². The fourth-order valence-electron chi connectivity index (χ4n) is 4.30. The van der Waals surface area contributed by atoms with Gasteiger partial charge in [0.25, 0.3) is 0 Å². The highest BCUT2D eigenvalue weighted by atomic mass is 16.6. The molecule has 15 heavy (non-hydrogen) atoms. The molecule has 1 spiro atoms. The molecule has 2 aliphatic carbocycles. The maximum Gasteiger partial charge on any atom is 0.111 e. The summed E-state index contributed by atoms with van der Waals surface area (Å²) in [5, 5.41) is 0. The van der Waals surface area contributed by atoms with E-state index in [2.05, 4.69) is 38.1 Å². The van der Waals surface area contributed by atoms with Crippen LogP contribution in [0.3, 0.4) is 0 Å². The molecule has 0 amide bonds. The van der Waals surface area contributed by atoms with Crippen molar-refractivity contribution in [3.8, 4) is 0 Å². The molecule has 0 unspecified atom stereocenters. The molecule has 1 aliphatic heterocycles. The van der Waals surface area contributed by atoms with Gasteiger partial charge in [-0.2, -0.15) is 0 Å². The van der Waals surface area contributed by atoms with Gasteiger partial charge in [0, 0.05) is 11.8 Å². The summed E-state index contributed by atoms with van der Waals surface area (Å²) in [7, 11) is 0. The lowest BCUT2D eigenvalue weighted by Crippen LogP contribution is -2.23. The third kappa shape index (κ3) is 0.710. The van der Waals surface area contributed by atoms with Crippen LogP contribution in [0.25, 0.3) is 0 Å². The second kappa shape index (κ2) is 2.15. The van der Waals surface area contributed by atoms with Crippen molar-refractivity contribution in [2.24, 2.45) is 0 Å². The van der Waals surface area contributed by atoms with Crippen molar-refractivity contribution in [3.63, 3.8) is 0 Å². The Morgan fingerprint density at radius 1 is 1.07 bits per heavy atom. The van der Waals surface area contributed by atoms with E-state index in [1.807, 2.05) is 0 Å². The minimum Gasteiger partial charge on any atom is -0.362 e. The minimum absolute atomic E-state index is 0.109. The van der Waals surface area contributed by atoms with Crippen LogP contribution in [0.5, 0.6) is 0 Å². The maximum atomic E-state index is 6.12. The molecule has 1 heterocycles. The Bertz CT molecular complexity index is 415. The normalized spacial score (nSPS) is 43.3. The number of fused-ring (bicyclic) bond motifs is 3. The van der Waals surface area contributed by atoms with Gasteiger partial charge in [0.1, 0.15) is 5.60 Å². The summed E-state index contributed by atoms with van der Waals surface area (Å²) in [6.45, 7) is 4.51. The van der Waals surface area contributed by atoms with Crippen molar-refractivity contribution in [2.75, 3.05) is 0 Å². The molecule has 1 heteroatoms. The monoisotopic (exact) mass is 200 g/mol. The molecule has 3 aliphatic rings. The molecule has 1 aromatic carbocycles. The summed E-state index contributed by atoms with van der Waals surface area (Å²) in [4.78, 5) is 0. The molecular formula is C14H16O. The zero-order valence-electron chi connectivity index (χ0n) is 9.29. The second-order valence-electron chi connectivity index (χ2n) is 5.72. The van der Waals surface area contributed by atoms with Crippen molar-refractivity contribution in [1.29, 1.82) is 0 Å². The van der Waals surface area contributed by atoms with E-state index in [9.17, 15) is 0 Å². The number of hydrogen-bond acceptors (Lipinski definition) is 1. The molecular weight excluding hydrogens is 184 g/mol. The summed E-state index contributed by atoms with van der Waals surface area (Å²) in [5.74, 6) is 1.35. The molecule has 1 saturated carbocycles. The number of benzene rings is 1. The SMILES string of the molecule is CC1(C)OC12[C@@H]1CC[C@@H]2c2ccccc21. The summed E-state index contributed by atoms with van der Waals surface area (Å²) >= 11 is 0. The van der Waals surface area contributed by atoms with Gasteiger partial charge in [-0.25, -0.2) is 0 Å². The Balaban J connectivity index is 1.94. The van der Waals surface area contributed by atoms with Crippen LogP contribution >= 0.6 is 0 Å². The highest BCUT2D eigenvalue weighted by Crippen LogP contribution is 2.73. The second-order valence-corrected chi connectivity index (χ2v) is 5.72. The topological polar surface area (TPSA) is 12.5 Å². The largest absolute Gasteiger partial charge is 0.362 e. The van der Waals surface area contributed by atoms with E-state index in [4.69, 9.17) is 4.74 Å². The standard InChI is InChI=1S/C14H16O/c1-13(2)14(15-13)11-7-8-12(14)10-6-4-3-5-9(10)11/h3-6,11-12H,7-8H2,1-2H3/t11-,12-/m1/s1. The highest BCUT2D eigenvalue weighted by molar-refractivity contribution is 5.51. The van der Waals surface area contributed by atoms with E-state index in [1.54, 1.807) is 11.1 Å². The quantitative estimate of drug-likeness (QED) is 0.586. The lowest BCUT2D eigenvalue weighted by Gasteiger charge is -2.13. The van der Waals surface area contributed by atoms with E-state index in [1.165, 1.54) is 12.8 Å². The molecule has 0 radical (unpaired) electrons. The van der Waals surface area contributed by atoms with Gasteiger partial charge < -0.3 is 4.74 Å². The molecule has 0 N–H and O–H groups in total. The van der Waals surface area contributed by atoms with Gasteiger partial charge in [0.2, 0.25) is 0 Å². The van der Waals surface area contributed by atoms with Crippen molar-refractivity contribution in [2.45, 2.75) is 49.7 Å². The average molecular weight is 200 g/mol. The van der Waals surface area contributed by atoms with Crippen molar-refractivity contribution < 1.29 is 4.74 Å². The van der Waals surface area contributed by atoms with Gasteiger partial charge in [0.05, 0.1) is 5.60 Å². The Hall–Kier alpha value is -0.820.